The summed E-state index contributed by atoms with van der Waals surface area (Å²) in [6, 6.07) is 6.17. The molecule has 5 heteroatoms. The minimum atomic E-state index is 0.304. The van der Waals surface area contributed by atoms with Crippen molar-refractivity contribution in [3.63, 3.8) is 0 Å². The number of anilines is 1. The fraction of sp³-hybridized carbons (Fsp3) is 0.273. The van der Waals surface area contributed by atoms with Crippen molar-refractivity contribution in [3.8, 4) is 0 Å². The van der Waals surface area contributed by atoms with Crippen LogP contribution < -0.4 is 5.32 Å². The molecule has 4 nitrogen and oxygen atoms in total. The van der Waals surface area contributed by atoms with Gasteiger partial charge in [-0.15, -0.1) is 5.10 Å². The molecule has 0 aliphatic heterocycles. The van der Waals surface area contributed by atoms with Gasteiger partial charge in [-0.05, 0) is 37.2 Å². The Bertz CT molecular complexity index is 524. The summed E-state index contributed by atoms with van der Waals surface area (Å²) in [5.74, 6) is 0.563. The van der Waals surface area contributed by atoms with Crippen molar-refractivity contribution in [2.24, 2.45) is 0 Å². The van der Waals surface area contributed by atoms with E-state index in [9.17, 15) is 0 Å². The van der Waals surface area contributed by atoms with Crippen molar-refractivity contribution in [1.82, 2.24) is 10.2 Å². The molecule has 0 atom stereocenters. The van der Waals surface area contributed by atoms with Crippen LogP contribution in [0.3, 0.4) is 0 Å². The van der Waals surface area contributed by atoms with Crippen LogP contribution in [0.25, 0.3) is 0 Å². The first-order valence-electron chi connectivity index (χ1n) is 5.01. The number of aromatic amines is 1. The number of hydrogen-bond donors (Lipinski definition) is 2. The standard InChI is InChI=1S/C11H13N3OS/c1-7-4-3-5-8(2)10(7)12-6-9-13-14-11(16)15-9/h3-5,12H,6H2,1-2H3,(H,14,16). The third-order valence-corrected chi connectivity index (χ3v) is 2.55. The summed E-state index contributed by atoms with van der Waals surface area (Å²) in [6.07, 6.45) is 0. The van der Waals surface area contributed by atoms with E-state index in [4.69, 9.17) is 16.6 Å². The van der Waals surface area contributed by atoms with Crippen LogP contribution in [-0.4, -0.2) is 10.2 Å². The maximum Gasteiger partial charge on any atom is 0.284 e. The zero-order valence-corrected chi connectivity index (χ0v) is 10.0. The van der Waals surface area contributed by atoms with E-state index in [-0.39, 0.29) is 0 Å². The first kappa shape index (κ1) is 10.9. The number of benzene rings is 1. The van der Waals surface area contributed by atoms with Crippen molar-refractivity contribution in [2.45, 2.75) is 20.4 Å². The zero-order valence-electron chi connectivity index (χ0n) is 9.20. The Morgan fingerprint density at radius 3 is 2.62 bits per heavy atom. The second-order valence-electron chi connectivity index (χ2n) is 3.63. The molecule has 0 saturated carbocycles. The van der Waals surface area contributed by atoms with Crippen LogP contribution in [0, 0.1) is 18.7 Å². The lowest BCUT2D eigenvalue weighted by Gasteiger charge is -2.10. The van der Waals surface area contributed by atoms with Crippen LogP contribution in [0.4, 0.5) is 5.69 Å². The molecule has 0 saturated heterocycles. The largest absolute Gasteiger partial charge is 0.412 e. The summed E-state index contributed by atoms with van der Waals surface area (Å²) < 4.78 is 5.17. The van der Waals surface area contributed by atoms with Crippen molar-refractivity contribution in [2.75, 3.05) is 5.32 Å². The van der Waals surface area contributed by atoms with E-state index in [1.54, 1.807) is 0 Å². The molecule has 1 aromatic heterocycles. The molecule has 16 heavy (non-hydrogen) atoms. The SMILES string of the molecule is Cc1cccc(C)c1NCc1n[nH]c(=S)o1. The molecule has 0 bridgehead atoms. The molecule has 2 N–H and O–H groups in total. The average molecular weight is 235 g/mol. The summed E-state index contributed by atoms with van der Waals surface area (Å²) in [4.78, 5) is 0.304. The van der Waals surface area contributed by atoms with Gasteiger partial charge in [-0.3, -0.25) is 0 Å². The van der Waals surface area contributed by atoms with Gasteiger partial charge in [0.2, 0.25) is 5.89 Å². The number of hydrogen-bond acceptors (Lipinski definition) is 4. The van der Waals surface area contributed by atoms with Crippen molar-refractivity contribution < 1.29 is 4.42 Å². The van der Waals surface area contributed by atoms with Gasteiger partial charge < -0.3 is 9.73 Å². The van der Waals surface area contributed by atoms with Gasteiger partial charge in [0.1, 0.15) is 0 Å². The molecule has 0 unspecified atom stereocenters. The van der Waals surface area contributed by atoms with E-state index in [2.05, 4.69) is 41.5 Å². The number of aromatic nitrogens is 2. The Morgan fingerprint density at radius 1 is 1.38 bits per heavy atom. The minimum Gasteiger partial charge on any atom is -0.412 e. The molecular formula is C11H13N3OS. The summed E-state index contributed by atoms with van der Waals surface area (Å²) in [5, 5.41) is 9.81. The van der Waals surface area contributed by atoms with Crippen LogP contribution >= 0.6 is 12.2 Å². The van der Waals surface area contributed by atoms with E-state index < -0.39 is 0 Å². The summed E-state index contributed by atoms with van der Waals surface area (Å²) in [6.45, 7) is 4.66. The lowest BCUT2D eigenvalue weighted by molar-refractivity contribution is 0.489. The Balaban J connectivity index is 2.13. The third-order valence-electron chi connectivity index (χ3n) is 2.38. The lowest BCUT2D eigenvalue weighted by atomic mass is 10.1. The number of rotatable bonds is 3. The number of aryl methyl sites for hydroxylation is 2. The molecule has 1 aromatic carbocycles. The van der Waals surface area contributed by atoms with Crippen LogP contribution in [0.5, 0.6) is 0 Å². The normalized spacial score (nSPS) is 10.4. The van der Waals surface area contributed by atoms with Crippen LogP contribution in [0.2, 0.25) is 0 Å². The summed E-state index contributed by atoms with van der Waals surface area (Å²) in [5.41, 5.74) is 3.52. The highest BCUT2D eigenvalue weighted by molar-refractivity contribution is 7.71. The second kappa shape index (κ2) is 4.49. The summed E-state index contributed by atoms with van der Waals surface area (Å²) in [7, 11) is 0. The molecule has 0 amide bonds. The average Bonchev–Trinajstić information content (AvgIpc) is 2.63. The molecule has 0 fully saturated rings. The van der Waals surface area contributed by atoms with E-state index >= 15 is 0 Å². The highest BCUT2D eigenvalue weighted by Gasteiger charge is 2.03. The molecule has 0 aliphatic rings. The van der Waals surface area contributed by atoms with E-state index in [1.807, 2.05) is 6.07 Å². The predicted molar refractivity (Wildman–Crippen MR) is 64.9 cm³/mol. The minimum absolute atomic E-state index is 0.304. The number of nitrogens with zero attached hydrogens (tertiary/aromatic N) is 1. The predicted octanol–water partition coefficient (Wildman–Crippen LogP) is 2.96. The molecule has 0 spiro atoms. The van der Waals surface area contributed by atoms with Gasteiger partial charge >= 0.3 is 0 Å². The number of para-hydroxylation sites is 1. The van der Waals surface area contributed by atoms with E-state index in [0.29, 0.717) is 17.3 Å². The number of nitrogens with one attached hydrogen (secondary N) is 2. The molecule has 1 heterocycles. The van der Waals surface area contributed by atoms with Gasteiger partial charge in [0.25, 0.3) is 4.84 Å². The Hall–Kier alpha value is -1.62. The maximum absolute atomic E-state index is 5.17. The first-order chi connectivity index (χ1) is 7.66. The van der Waals surface area contributed by atoms with Crippen LogP contribution in [0.1, 0.15) is 17.0 Å². The number of H-pyrrole nitrogens is 1. The Labute approximate surface area is 98.7 Å². The molecular weight excluding hydrogens is 222 g/mol. The van der Waals surface area contributed by atoms with Crippen molar-refractivity contribution >= 4 is 17.9 Å². The Kier molecular flexibility index (Phi) is 3.05. The molecule has 0 radical (unpaired) electrons. The first-order valence-corrected chi connectivity index (χ1v) is 5.42. The topological polar surface area (TPSA) is 53.9 Å². The van der Waals surface area contributed by atoms with Crippen LogP contribution in [0.15, 0.2) is 22.6 Å². The maximum atomic E-state index is 5.17. The molecule has 2 aromatic rings. The monoisotopic (exact) mass is 235 g/mol. The molecule has 2 rings (SSSR count). The van der Waals surface area contributed by atoms with Gasteiger partial charge in [-0.2, -0.15) is 0 Å². The zero-order chi connectivity index (χ0) is 11.5. The molecule has 84 valence electrons. The quantitative estimate of drug-likeness (QED) is 0.803. The van der Waals surface area contributed by atoms with E-state index in [1.165, 1.54) is 11.1 Å². The fourth-order valence-electron chi connectivity index (χ4n) is 1.59. The lowest BCUT2D eigenvalue weighted by Crippen LogP contribution is -2.03. The van der Waals surface area contributed by atoms with E-state index in [0.717, 1.165) is 5.69 Å². The highest BCUT2D eigenvalue weighted by Crippen LogP contribution is 2.19. The second-order valence-corrected chi connectivity index (χ2v) is 4.00. The van der Waals surface area contributed by atoms with Gasteiger partial charge in [-0.1, -0.05) is 18.2 Å². The van der Waals surface area contributed by atoms with Gasteiger partial charge in [-0.25, -0.2) is 5.10 Å². The molecule has 0 aliphatic carbocycles. The van der Waals surface area contributed by atoms with Crippen molar-refractivity contribution in [1.29, 1.82) is 0 Å². The Morgan fingerprint density at radius 2 is 2.06 bits per heavy atom. The summed E-state index contributed by atoms with van der Waals surface area (Å²) >= 11 is 4.80. The fourth-order valence-corrected chi connectivity index (χ4v) is 1.74. The van der Waals surface area contributed by atoms with Gasteiger partial charge in [0, 0.05) is 5.69 Å². The van der Waals surface area contributed by atoms with Gasteiger partial charge in [0.05, 0.1) is 6.54 Å². The van der Waals surface area contributed by atoms with Gasteiger partial charge in [0.15, 0.2) is 0 Å². The third kappa shape index (κ3) is 2.30. The van der Waals surface area contributed by atoms with Crippen LogP contribution in [-0.2, 0) is 6.54 Å². The smallest absolute Gasteiger partial charge is 0.284 e. The highest BCUT2D eigenvalue weighted by atomic mass is 32.1. The van der Waals surface area contributed by atoms with Crippen molar-refractivity contribution in [3.05, 3.63) is 40.1 Å².